The fourth-order valence-electron chi connectivity index (χ4n) is 2.34. The third kappa shape index (κ3) is 2.63. The summed E-state index contributed by atoms with van der Waals surface area (Å²) in [5.74, 6) is 0.486. The molecule has 0 unspecified atom stereocenters. The molecule has 1 fully saturated rings. The molecular weight excluding hydrogens is 198 g/mol. The lowest BCUT2D eigenvalue weighted by Crippen LogP contribution is -2.31. The maximum Gasteiger partial charge on any atom is 0.223 e. The summed E-state index contributed by atoms with van der Waals surface area (Å²) in [7, 11) is 0. The van der Waals surface area contributed by atoms with Crippen LogP contribution in [0.1, 0.15) is 44.2 Å². The summed E-state index contributed by atoms with van der Waals surface area (Å²) in [4.78, 5) is 11.9. The van der Waals surface area contributed by atoms with Crippen LogP contribution in [-0.4, -0.2) is 5.91 Å². The molecule has 0 bridgehead atoms. The number of hydrogen-bond donors (Lipinski definition) is 1. The van der Waals surface area contributed by atoms with E-state index in [1.165, 1.54) is 18.4 Å². The minimum Gasteiger partial charge on any atom is -0.349 e. The maximum absolute atomic E-state index is 11.9. The Morgan fingerprint density at radius 3 is 2.50 bits per heavy atom. The number of amides is 1. The second-order valence-corrected chi connectivity index (χ2v) is 4.62. The molecule has 2 rings (SSSR count). The highest BCUT2D eigenvalue weighted by Crippen LogP contribution is 2.25. The third-order valence-electron chi connectivity index (χ3n) is 3.38. The smallest absolute Gasteiger partial charge is 0.223 e. The van der Waals surface area contributed by atoms with Crippen LogP contribution in [0.3, 0.4) is 0 Å². The number of carbonyl (C=O) groups excluding carboxylic acids is 1. The maximum atomic E-state index is 11.9. The van der Waals surface area contributed by atoms with Crippen LogP contribution in [0.4, 0.5) is 0 Å². The van der Waals surface area contributed by atoms with Gasteiger partial charge >= 0.3 is 0 Å². The van der Waals surface area contributed by atoms with E-state index in [9.17, 15) is 4.79 Å². The van der Waals surface area contributed by atoms with E-state index in [1.54, 1.807) is 0 Å². The summed E-state index contributed by atoms with van der Waals surface area (Å²) >= 11 is 0. The van der Waals surface area contributed by atoms with E-state index in [2.05, 4.69) is 17.4 Å². The standard InChI is InChI=1S/C14H19NO/c1-11(12-7-3-2-4-8-12)15-14(16)13-9-5-6-10-13/h2-4,7-8,11,13H,5-6,9-10H2,1H3,(H,15,16)/t11-/m0/s1. The number of hydrogen-bond acceptors (Lipinski definition) is 1. The second-order valence-electron chi connectivity index (χ2n) is 4.62. The van der Waals surface area contributed by atoms with E-state index >= 15 is 0 Å². The zero-order valence-electron chi connectivity index (χ0n) is 9.78. The van der Waals surface area contributed by atoms with E-state index in [0.29, 0.717) is 0 Å². The molecule has 16 heavy (non-hydrogen) atoms. The highest BCUT2D eigenvalue weighted by atomic mass is 16.1. The van der Waals surface area contributed by atoms with Crippen LogP contribution in [0.5, 0.6) is 0 Å². The van der Waals surface area contributed by atoms with Crippen molar-refractivity contribution >= 4 is 5.91 Å². The lowest BCUT2D eigenvalue weighted by Gasteiger charge is -2.17. The van der Waals surface area contributed by atoms with Gasteiger partial charge in [0.1, 0.15) is 0 Å². The first-order valence-electron chi connectivity index (χ1n) is 6.12. The van der Waals surface area contributed by atoms with Gasteiger partial charge in [-0.1, -0.05) is 43.2 Å². The molecule has 0 radical (unpaired) electrons. The molecule has 0 aliphatic heterocycles. The Morgan fingerprint density at radius 2 is 1.88 bits per heavy atom. The summed E-state index contributed by atoms with van der Waals surface area (Å²) in [5, 5.41) is 3.10. The first kappa shape index (κ1) is 11.2. The molecule has 2 nitrogen and oxygen atoms in total. The fraction of sp³-hybridized carbons (Fsp3) is 0.500. The van der Waals surface area contributed by atoms with Crippen molar-refractivity contribution in [2.24, 2.45) is 5.92 Å². The van der Waals surface area contributed by atoms with Crippen molar-refractivity contribution in [3.63, 3.8) is 0 Å². The molecule has 1 amide bonds. The van der Waals surface area contributed by atoms with Gasteiger partial charge in [-0.15, -0.1) is 0 Å². The molecule has 0 aromatic heterocycles. The number of benzene rings is 1. The largest absolute Gasteiger partial charge is 0.349 e. The Morgan fingerprint density at radius 1 is 1.25 bits per heavy atom. The van der Waals surface area contributed by atoms with E-state index in [4.69, 9.17) is 0 Å². The first-order valence-corrected chi connectivity index (χ1v) is 6.12. The molecule has 1 aromatic carbocycles. The molecule has 0 saturated heterocycles. The number of carbonyl (C=O) groups is 1. The lowest BCUT2D eigenvalue weighted by molar-refractivity contribution is -0.125. The van der Waals surface area contributed by atoms with Gasteiger partial charge < -0.3 is 5.32 Å². The van der Waals surface area contributed by atoms with Crippen molar-refractivity contribution in [1.82, 2.24) is 5.32 Å². The molecule has 1 saturated carbocycles. The Balaban J connectivity index is 1.92. The van der Waals surface area contributed by atoms with E-state index in [-0.39, 0.29) is 17.9 Å². The third-order valence-corrected chi connectivity index (χ3v) is 3.38. The molecular formula is C14H19NO. The van der Waals surface area contributed by atoms with Gasteiger partial charge in [0.25, 0.3) is 0 Å². The van der Waals surface area contributed by atoms with Gasteiger partial charge in [-0.25, -0.2) is 0 Å². The molecule has 86 valence electrons. The summed E-state index contributed by atoms with van der Waals surface area (Å²) < 4.78 is 0. The Labute approximate surface area is 97.1 Å². The highest BCUT2D eigenvalue weighted by molar-refractivity contribution is 5.79. The van der Waals surface area contributed by atoms with Crippen LogP contribution in [0.15, 0.2) is 30.3 Å². The number of rotatable bonds is 3. The molecule has 1 atom stereocenters. The zero-order valence-corrected chi connectivity index (χ0v) is 9.78. The van der Waals surface area contributed by atoms with Crippen molar-refractivity contribution in [1.29, 1.82) is 0 Å². The van der Waals surface area contributed by atoms with Crippen molar-refractivity contribution in [3.8, 4) is 0 Å². The topological polar surface area (TPSA) is 29.1 Å². The Hall–Kier alpha value is -1.31. The van der Waals surface area contributed by atoms with Crippen LogP contribution < -0.4 is 5.32 Å². The summed E-state index contributed by atoms with van der Waals surface area (Å²) in [6.45, 7) is 2.04. The number of nitrogens with one attached hydrogen (secondary N) is 1. The van der Waals surface area contributed by atoms with Gasteiger partial charge in [0, 0.05) is 5.92 Å². The van der Waals surface area contributed by atoms with E-state index < -0.39 is 0 Å². The van der Waals surface area contributed by atoms with Crippen LogP contribution in [0, 0.1) is 5.92 Å². The average Bonchev–Trinajstić information content (AvgIpc) is 2.83. The van der Waals surface area contributed by atoms with Gasteiger partial charge in [-0.2, -0.15) is 0 Å². The van der Waals surface area contributed by atoms with Crippen molar-refractivity contribution in [2.45, 2.75) is 38.6 Å². The monoisotopic (exact) mass is 217 g/mol. The van der Waals surface area contributed by atoms with Crippen LogP contribution in [0.2, 0.25) is 0 Å². The predicted molar refractivity (Wildman–Crippen MR) is 65.0 cm³/mol. The average molecular weight is 217 g/mol. The van der Waals surface area contributed by atoms with E-state index in [0.717, 1.165) is 12.8 Å². The first-order chi connectivity index (χ1) is 7.77. The van der Waals surface area contributed by atoms with Crippen molar-refractivity contribution in [2.75, 3.05) is 0 Å². The van der Waals surface area contributed by atoms with Crippen LogP contribution in [-0.2, 0) is 4.79 Å². The fourth-order valence-corrected chi connectivity index (χ4v) is 2.34. The SMILES string of the molecule is C[C@H](NC(=O)C1CCCC1)c1ccccc1. The summed E-state index contributed by atoms with van der Waals surface area (Å²) in [5.41, 5.74) is 1.17. The predicted octanol–water partition coefficient (Wildman–Crippen LogP) is 3.05. The normalized spacial score (nSPS) is 18.3. The van der Waals surface area contributed by atoms with Crippen molar-refractivity contribution < 1.29 is 4.79 Å². The second kappa shape index (κ2) is 5.15. The van der Waals surface area contributed by atoms with Crippen LogP contribution >= 0.6 is 0 Å². The molecule has 2 heteroatoms. The summed E-state index contributed by atoms with van der Waals surface area (Å²) in [6.07, 6.45) is 4.54. The van der Waals surface area contributed by atoms with Gasteiger partial charge in [0.15, 0.2) is 0 Å². The minimum absolute atomic E-state index is 0.120. The molecule has 0 heterocycles. The van der Waals surface area contributed by atoms with Gasteiger partial charge in [0.2, 0.25) is 5.91 Å². The van der Waals surface area contributed by atoms with Crippen molar-refractivity contribution in [3.05, 3.63) is 35.9 Å². The van der Waals surface area contributed by atoms with Gasteiger partial charge in [-0.05, 0) is 25.3 Å². The molecule has 0 spiro atoms. The minimum atomic E-state index is 0.120. The molecule has 1 aliphatic carbocycles. The van der Waals surface area contributed by atoms with Gasteiger partial charge in [0.05, 0.1) is 6.04 Å². The Kier molecular flexibility index (Phi) is 3.60. The highest BCUT2D eigenvalue weighted by Gasteiger charge is 2.23. The van der Waals surface area contributed by atoms with Crippen LogP contribution in [0.25, 0.3) is 0 Å². The quantitative estimate of drug-likeness (QED) is 0.828. The van der Waals surface area contributed by atoms with Gasteiger partial charge in [-0.3, -0.25) is 4.79 Å². The molecule has 1 aromatic rings. The molecule has 1 N–H and O–H groups in total. The summed E-state index contributed by atoms with van der Waals surface area (Å²) in [6, 6.07) is 10.2. The zero-order chi connectivity index (χ0) is 11.4. The van der Waals surface area contributed by atoms with E-state index in [1.807, 2.05) is 25.1 Å². The Bertz CT molecular complexity index is 341. The molecule has 1 aliphatic rings. The lowest BCUT2D eigenvalue weighted by atomic mass is 10.0.